The fourth-order valence-corrected chi connectivity index (χ4v) is 4.12. The molecule has 130 valence electrons. The van der Waals surface area contributed by atoms with Gasteiger partial charge in [-0.25, -0.2) is 18.3 Å². The lowest BCUT2D eigenvalue weighted by Gasteiger charge is -2.38. The zero-order valence-corrected chi connectivity index (χ0v) is 14.8. The summed E-state index contributed by atoms with van der Waals surface area (Å²) >= 11 is 0. The predicted molar refractivity (Wildman–Crippen MR) is 87.7 cm³/mol. The second kappa shape index (κ2) is 7.65. The van der Waals surface area contributed by atoms with Crippen LogP contribution in [-0.4, -0.2) is 45.2 Å². The van der Waals surface area contributed by atoms with Crippen molar-refractivity contribution in [2.24, 2.45) is 13.0 Å². The fraction of sp³-hybridized carbons (Fsp3) is 0.667. The van der Waals surface area contributed by atoms with E-state index < -0.39 is 16.8 Å². The summed E-state index contributed by atoms with van der Waals surface area (Å²) in [6.45, 7) is 7.94. The van der Waals surface area contributed by atoms with Crippen molar-refractivity contribution in [2.75, 3.05) is 13.1 Å². The molecule has 1 aliphatic heterocycles. The van der Waals surface area contributed by atoms with Gasteiger partial charge in [0.2, 0.25) is 0 Å². The Morgan fingerprint density at radius 1 is 1.48 bits per heavy atom. The molecule has 0 bridgehead atoms. The van der Waals surface area contributed by atoms with Crippen LogP contribution in [0.1, 0.15) is 37.7 Å². The lowest BCUT2D eigenvalue weighted by Crippen LogP contribution is -2.54. The van der Waals surface area contributed by atoms with Crippen molar-refractivity contribution >= 4 is 17.3 Å². The van der Waals surface area contributed by atoms with Crippen molar-refractivity contribution in [1.29, 1.82) is 0 Å². The van der Waals surface area contributed by atoms with Gasteiger partial charge in [0.15, 0.2) is 12.1 Å². The number of carbonyl (C=O) groups excluding carboxylic acids is 1. The summed E-state index contributed by atoms with van der Waals surface area (Å²) in [6.07, 6.45) is 2.67. The molecule has 2 heterocycles. The van der Waals surface area contributed by atoms with Gasteiger partial charge in [0.05, 0.1) is 0 Å². The zero-order valence-electron chi connectivity index (χ0n) is 14.0. The summed E-state index contributed by atoms with van der Waals surface area (Å²) in [5.41, 5.74) is 3.29. The summed E-state index contributed by atoms with van der Waals surface area (Å²) in [6, 6.07) is 0.418. The van der Waals surface area contributed by atoms with Crippen molar-refractivity contribution in [3.8, 4) is 0 Å². The molecule has 2 N–H and O–H groups in total. The summed E-state index contributed by atoms with van der Waals surface area (Å²) in [4.78, 5) is 10.9. The Labute approximate surface area is 139 Å². The van der Waals surface area contributed by atoms with Crippen LogP contribution in [-0.2, 0) is 18.0 Å². The molecule has 1 aliphatic rings. The molecule has 8 heteroatoms. The summed E-state index contributed by atoms with van der Waals surface area (Å²) in [5.74, 6) is -0.434. The third kappa shape index (κ3) is 4.26. The number of halogens is 1. The molecular formula is C15H25FN4O2S. The van der Waals surface area contributed by atoms with Crippen LogP contribution >= 0.6 is 0 Å². The highest BCUT2D eigenvalue weighted by molar-refractivity contribution is 7.83. The molecule has 23 heavy (non-hydrogen) atoms. The minimum Gasteiger partial charge on any atom is -0.345 e. The standard InChI is InChI=1S/C15H25FN4O2S/c1-10(2)17-20-6-5-12(11(3)7-20)18-23(22)14-8-19(4)13(9-21)15(14)16/h8-12,17-18H,5-7H2,1-4H3. The number of hydrazine groups is 1. The SMILES string of the molecule is CC(C)NN1CCC(NS(=O)c2cn(C)c(C=O)c2F)C(C)C1. The maximum Gasteiger partial charge on any atom is 0.169 e. The number of aromatic nitrogens is 1. The molecule has 0 aliphatic carbocycles. The van der Waals surface area contributed by atoms with E-state index in [1.54, 1.807) is 7.05 Å². The van der Waals surface area contributed by atoms with Gasteiger partial charge in [-0.2, -0.15) is 0 Å². The van der Waals surface area contributed by atoms with Gasteiger partial charge < -0.3 is 4.57 Å². The maximum atomic E-state index is 14.1. The number of hydrogen-bond donors (Lipinski definition) is 2. The number of nitrogens with zero attached hydrogens (tertiary/aromatic N) is 2. The number of aryl methyl sites for hydroxylation is 1. The Morgan fingerprint density at radius 3 is 2.70 bits per heavy atom. The van der Waals surface area contributed by atoms with Crippen LogP contribution < -0.4 is 10.1 Å². The van der Waals surface area contributed by atoms with E-state index in [0.717, 1.165) is 19.5 Å². The average molecular weight is 344 g/mol. The minimum absolute atomic E-state index is 0.0320. The predicted octanol–water partition coefficient (Wildman–Crippen LogP) is 1.21. The van der Waals surface area contributed by atoms with E-state index in [2.05, 4.69) is 35.9 Å². The van der Waals surface area contributed by atoms with Crippen LogP contribution in [0.2, 0.25) is 0 Å². The van der Waals surface area contributed by atoms with Crippen molar-refractivity contribution in [3.05, 3.63) is 17.7 Å². The van der Waals surface area contributed by atoms with Crippen molar-refractivity contribution in [2.45, 2.75) is 44.2 Å². The number of nitrogens with one attached hydrogen (secondary N) is 2. The molecule has 0 radical (unpaired) electrons. The maximum absolute atomic E-state index is 14.1. The van der Waals surface area contributed by atoms with Crippen LogP contribution in [0, 0.1) is 11.7 Å². The largest absolute Gasteiger partial charge is 0.345 e. The molecule has 0 amide bonds. The van der Waals surface area contributed by atoms with E-state index in [-0.39, 0.29) is 22.5 Å². The number of rotatable bonds is 6. The van der Waals surface area contributed by atoms with E-state index in [0.29, 0.717) is 12.3 Å². The van der Waals surface area contributed by atoms with Gasteiger partial charge in [-0.1, -0.05) is 6.92 Å². The molecule has 0 aromatic carbocycles. The molecular weight excluding hydrogens is 319 g/mol. The number of carbonyl (C=O) groups is 1. The average Bonchev–Trinajstić information content (AvgIpc) is 2.75. The summed E-state index contributed by atoms with van der Waals surface area (Å²) in [5, 5.41) is 2.17. The van der Waals surface area contributed by atoms with Crippen LogP contribution in [0.15, 0.2) is 11.1 Å². The van der Waals surface area contributed by atoms with Gasteiger partial charge in [0.1, 0.15) is 21.6 Å². The first kappa shape index (κ1) is 18.3. The highest BCUT2D eigenvalue weighted by Crippen LogP contribution is 2.20. The summed E-state index contributed by atoms with van der Waals surface area (Å²) < 4.78 is 30.9. The monoisotopic (exact) mass is 344 g/mol. The van der Waals surface area contributed by atoms with Crippen LogP contribution in [0.5, 0.6) is 0 Å². The van der Waals surface area contributed by atoms with Crippen LogP contribution in [0.4, 0.5) is 4.39 Å². The Bertz CT molecular complexity index is 590. The Balaban J connectivity index is 2.00. The minimum atomic E-state index is -1.67. The normalized spacial score (nSPS) is 24.1. The van der Waals surface area contributed by atoms with Crippen molar-refractivity contribution in [3.63, 3.8) is 0 Å². The molecule has 1 fully saturated rings. The fourth-order valence-electron chi connectivity index (χ4n) is 2.85. The topological polar surface area (TPSA) is 66.4 Å². The molecule has 3 atom stereocenters. The quantitative estimate of drug-likeness (QED) is 0.762. The first-order valence-electron chi connectivity index (χ1n) is 7.82. The third-order valence-corrected chi connectivity index (χ3v) is 5.25. The number of piperidine rings is 1. The van der Waals surface area contributed by atoms with Crippen LogP contribution in [0.25, 0.3) is 0 Å². The molecule has 6 nitrogen and oxygen atoms in total. The first-order valence-corrected chi connectivity index (χ1v) is 8.97. The molecule has 1 aromatic rings. The van der Waals surface area contributed by atoms with E-state index in [1.165, 1.54) is 10.8 Å². The second-order valence-corrected chi connectivity index (χ2v) is 7.62. The zero-order chi connectivity index (χ0) is 17.1. The molecule has 1 saturated heterocycles. The molecule has 2 rings (SSSR count). The van der Waals surface area contributed by atoms with E-state index in [1.807, 2.05) is 0 Å². The van der Waals surface area contributed by atoms with Gasteiger partial charge in [-0.3, -0.25) is 10.2 Å². The smallest absolute Gasteiger partial charge is 0.169 e. The third-order valence-electron chi connectivity index (χ3n) is 4.05. The van der Waals surface area contributed by atoms with Gasteiger partial charge in [-0.15, -0.1) is 0 Å². The van der Waals surface area contributed by atoms with E-state index in [9.17, 15) is 13.4 Å². The van der Waals surface area contributed by atoms with Crippen LogP contribution in [0.3, 0.4) is 0 Å². The lowest BCUT2D eigenvalue weighted by atomic mass is 9.96. The Morgan fingerprint density at radius 2 is 2.17 bits per heavy atom. The molecule has 0 saturated carbocycles. The first-order chi connectivity index (χ1) is 10.8. The van der Waals surface area contributed by atoms with E-state index in [4.69, 9.17) is 0 Å². The molecule has 0 spiro atoms. The lowest BCUT2D eigenvalue weighted by molar-refractivity contribution is 0.0914. The van der Waals surface area contributed by atoms with Crippen molar-refractivity contribution < 1.29 is 13.4 Å². The second-order valence-electron chi connectivity index (χ2n) is 6.41. The highest BCUT2D eigenvalue weighted by atomic mass is 32.2. The van der Waals surface area contributed by atoms with Gasteiger partial charge in [0.25, 0.3) is 0 Å². The van der Waals surface area contributed by atoms with Crippen molar-refractivity contribution in [1.82, 2.24) is 19.7 Å². The Kier molecular flexibility index (Phi) is 6.07. The van der Waals surface area contributed by atoms with Gasteiger partial charge >= 0.3 is 0 Å². The van der Waals surface area contributed by atoms with E-state index >= 15 is 0 Å². The van der Waals surface area contributed by atoms with Gasteiger partial charge in [0, 0.05) is 38.4 Å². The molecule has 3 unspecified atom stereocenters. The molecule has 1 aromatic heterocycles. The highest BCUT2D eigenvalue weighted by Gasteiger charge is 2.29. The summed E-state index contributed by atoms with van der Waals surface area (Å²) in [7, 11) is -0.108. The Hall–Kier alpha value is -1.09. The number of hydrogen-bond acceptors (Lipinski definition) is 4. The number of aldehydes is 1. The van der Waals surface area contributed by atoms with Gasteiger partial charge in [-0.05, 0) is 26.2 Å².